The standard InChI is InChI=1S/C12H14N2O4/c13-8-3-1-7(2-4-8)11(16)14-6-9(15)5-10(14)12(17)18/h1-4,9-10,15H,5-6,13H2,(H,17,18)/t9-,10-/m1/s1. The molecule has 1 aromatic carbocycles. The Balaban J connectivity index is 2.22. The van der Waals surface area contributed by atoms with Crippen LogP contribution >= 0.6 is 0 Å². The molecule has 0 radical (unpaired) electrons. The number of nitrogens with zero attached hydrogens (tertiary/aromatic N) is 1. The Labute approximate surface area is 104 Å². The average molecular weight is 250 g/mol. The molecular formula is C12H14N2O4. The van der Waals surface area contributed by atoms with Gasteiger partial charge in [-0.3, -0.25) is 4.79 Å². The molecule has 0 spiro atoms. The van der Waals surface area contributed by atoms with Gasteiger partial charge in [-0.05, 0) is 24.3 Å². The van der Waals surface area contributed by atoms with Crippen LogP contribution in [0.25, 0.3) is 0 Å². The molecule has 1 fully saturated rings. The van der Waals surface area contributed by atoms with Gasteiger partial charge in [-0.2, -0.15) is 0 Å². The lowest BCUT2D eigenvalue weighted by Gasteiger charge is -2.21. The quantitative estimate of drug-likeness (QED) is 0.637. The first-order valence-corrected chi connectivity index (χ1v) is 5.56. The van der Waals surface area contributed by atoms with Gasteiger partial charge in [0.05, 0.1) is 6.10 Å². The summed E-state index contributed by atoms with van der Waals surface area (Å²) in [5, 5.41) is 18.5. The van der Waals surface area contributed by atoms with Gasteiger partial charge in [-0.15, -0.1) is 0 Å². The van der Waals surface area contributed by atoms with Crippen molar-refractivity contribution >= 4 is 17.6 Å². The van der Waals surface area contributed by atoms with Crippen LogP contribution < -0.4 is 5.73 Å². The molecule has 6 nitrogen and oxygen atoms in total. The van der Waals surface area contributed by atoms with Gasteiger partial charge in [0.1, 0.15) is 6.04 Å². The first-order valence-electron chi connectivity index (χ1n) is 5.56. The lowest BCUT2D eigenvalue weighted by atomic mass is 10.1. The Morgan fingerprint density at radius 2 is 1.89 bits per heavy atom. The minimum atomic E-state index is -1.10. The minimum Gasteiger partial charge on any atom is -0.480 e. The predicted molar refractivity (Wildman–Crippen MR) is 63.9 cm³/mol. The van der Waals surface area contributed by atoms with E-state index >= 15 is 0 Å². The predicted octanol–water partition coefficient (Wildman–Crippen LogP) is -0.0712. The smallest absolute Gasteiger partial charge is 0.326 e. The molecule has 0 aliphatic carbocycles. The molecule has 18 heavy (non-hydrogen) atoms. The first-order chi connectivity index (χ1) is 8.49. The highest BCUT2D eigenvalue weighted by Gasteiger charge is 2.39. The molecule has 4 N–H and O–H groups in total. The zero-order valence-corrected chi connectivity index (χ0v) is 9.61. The van der Waals surface area contributed by atoms with Gasteiger partial charge in [-0.1, -0.05) is 0 Å². The monoisotopic (exact) mass is 250 g/mol. The number of rotatable bonds is 2. The minimum absolute atomic E-state index is 0.0418. The molecule has 2 rings (SSSR count). The Hall–Kier alpha value is -2.08. The third-order valence-electron chi connectivity index (χ3n) is 2.98. The van der Waals surface area contributed by atoms with Crippen LogP contribution in [-0.2, 0) is 4.79 Å². The van der Waals surface area contributed by atoms with Crippen LogP contribution in [0.2, 0.25) is 0 Å². The van der Waals surface area contributed by atoms with Crippen LogP contribution in [-0.4, -0.2) is 45.7 Å². The molecule has 1 heterocycles. The molecule has 1 aliphatic heterocycles. The topological polar surface area (TPSA) is 104 Å². The molecule has 2 atom stereocenters. The Morgan fingerprint density at radius 1 is 1.28 bits per heavy atom. The van der Waals surface area contributed by atoms with Gasteiger partial charge in [0.2, 0.25) is 0 Å². The average Bonchev–Trinajstić information content (AvgIpc) is 2.71. The number of amides is 1. The number of aliphatic hydroxyl groups is 1. The summed E-state index contributed by atoms with van der Waals surface area (Å²) in [5.74, 6) is -1.51. The number of likely N-dealkylation sites (tertiary alicyclic amines) is 1. The van der Waals surface area contributed by atoms with Crippen molar-refractivity contribution in [2.24, 2.45) is 0 Å². The van der Waals surface area contributed by atoms with Crippen LogP contribution in [0.15, 0.2) is 24.3 Å². The molecule has 0 saturated carbocycles. The molecule has 1 aromatic rings. The molecule has 0 bridgehead atoms. The van der Waals surface area contributed by atoms with E-state index in [4.69, 9.17) is 10.8 Å². The molecule has 0 unspecified atom stereocenters. The Bertz CT molecular complexity index is 471. The number of benzene rings is 1. The second kappa shape index (κ2) is 4.66. The second-order valence-electron chi connectivity index (χ2n) is 4.32. The number of carboxylic acid groups (broad SMARTS) is 1. The fraction of sp³-hybridized carbons (Fsp3) is 0.333. The van der Waals surface area contributed by atoms with E-state index in [-0.39, 0.29) is 13.0 Å². The van der Waals surface area contributed by atoms with E-state index in [1.165, 1.54) is 4.90 Å². The molecule has 1 aliphatic rings. The number of nitrogen functional groups attached to an aromatic ring is 1. The Kier molecular flexibility index (Phi) is 3.20. The van der Waals surface area contributed by atoms with Crippen LogP contribution in [0.3, 0.4) is 0 Å². The number of β-amino-alcohol motifs (C(OH)–C–C–N with tert-alkyl or cyclic N) is 1. The van der Waals surface area contributed by atoms with E-state index in [0.717, 1.165) is 0 Å². The highest BCUT2D eigenvalue weighted by Crippen LogP contribution is 2.21. The zero-order chi connectivity index (χ0) is 13.3. The summed E-state index contributed by atoms with van der Waals surface area (Å²) in [6, 6.07) is 5.28. The molecular weight excluding hydrogens is 236 g/mol. The summed E-state index contributed by atoms with van der Waals surface area (Å²) < 4.78 is 0. The highest BCUT2D eigenvalue weighted by atomic mass is 16.4. The highest BCUT2D eigenvalue weighted by molar-refractivity contribution is 5.97. The van der Waals surface area contributed by atoms with Crippen LogP contribution in [0, 0.1) is 0 Å². The van der Waals surface area contributed by atoms with Crippen molar-refractivity contribution in [3.63, 3.8) is 0 Å². The third kappa shape index (κ3) is 2.28. The summed E-state index contributed by atoms with van der Waals surface area (Å²) in [6.45, 7) is 0.0418. The molecule has 0 aromatic heterocycles. The van der Waals surface area contributed by atoms with Crippen molar-refractivity contribution in [1.82, 2.24) is 4.90 Å². The van der Waals surface area contributed by atoms with Crippen molar-refractivity contribution in [2.75, 3.05) is 12.3 Å². The number of aliphatic hydroxyl groups excluding tert-OH is 1. The number of hydrogen-bond donors (Lipinski definition) is 3. The first kappa shape index (κ1) is 12.4. The number of hydrogen-bond acceptors (Lipinski definition) is 4. The van der Waals surface area contributed by atoms with E-state index in [9.17, 15) is 14.7 Å². The summed E-state index contributed by atoms with van der Waals surface area (Å²) >= 11 is 0. The second-order valence-corrected chi connectivity index (χ2v) is 4.32. The van der Waals surface area contributed by atoms with E-state index in [0.29, 0.717) is 11.3 Å². The molecule has 6 heteroatoms. The lowest BCUT2D eigenvalue weighted by Crippen LogP contribution is -2.40. The Morgan fingerprint density at radius 3 is 2.44 bits per heavy atom. The maximum Gasteiger partial charge on any atom is 0.326 e. The van der Waals surface area contributed by atoms with Crippen molar-refractivity contribution in [3.05, 3.63) is 29.8 Å². The number of aliphatic carboxylic acids is 1. The summed E-state index contributed by atoms with van der Waals surface area (Å²) in [6.07, 6.45) is -0.723. The fourth-order valence-electron chi connectivity index (χ4n) is 2.06. The maximum absolute atomic E-state index is 12.1. The van der Waals surface area contributed by atoms with Gasteiger partial charge in [0, 0.05) is 24.2 Å². The van der Waals surface area contributed by atoms with Crippen molar-refractivity contribution in [2.45, 2.75) is 18.6 Å². The largest absolute Gasteiger partial charge is 0.480 e. The van der Waals surface area contributed by atoms with E-state index in [2.05, 4.69) is 0 Å². The summed E-state index contributed by atoms with van der Waals surface area (Å²) in [5.41, 5.74) is 6.41. The number of anilines is 1. The van der Waals surface area contributed by atoms with Gasteiger partial charge in [0.15, 0.2) is 0 Å². The van der Waals surface area contributed by atoms with Crippen LogP contribution in [0.1, 0.15) is 16.8 Å². The zero-order valence-electron chi connectivity index (χ0n) is 9.61. The van der Waals surface area contributed by atoms with Gasteiger partial charge < -0.3 is 20.8 Å². The van der Waals surface area contributed by atoms with Crippen LogP contribution in [0.5, 0.6) is 0 Å². The third-order valence-corrected chi connectivity index (χ3v) is 2.98. The van der Waals surface area contributed by atoms with E-state index in [1.54, 1.807) is 24.3 Å². The maximum atomic E-state index is 12.1. The fourth-order valence-corrected chi connectivity index (χ4v) is 2.06. The van der Waals surface area contributed by atoms with E-state index < -0.39 is 24.0 Å². The van der Waals surface area contributed by atoms with Crippen molar-refractivity contribution in [1.29, 1.82) is 0 Å². The summed E-state index contributed by atoms with van der Waals surface area (Å²) in [4.78, 5) is 24.3. The number of carbonyl (C=O) groups is 2. The molecule has 96 valence electrons. The number of nitrogens with two attached hydrogens (primary N) is 1. The summed E-state index contributed by atoms with van der Waals surface area (Å²) in [7, 11) is 0. The SMILES string of the molecule is Nc1ccc(C(=O)N2C[C@H](O)C[C@@H]2C(=O)O)cc1. The lowest BCUT2D eigenvalue weighted by molar-refractivity contribution is -0.141. The van der Waals surface area contributed by atoms with E-state index in [1.807, 2.05) is 0 Å². The van der Waals surface area contributed by atoms with Crippen molar-refractivity contribution in [3.8, 4) is 0 Å². The number of carbonyl (C=O) groups excluding carboxylic acids is 1. The van der Waals surface area contributed by atoms with Crippen molar-refractivity contribution < 1.29 is 19.8 Å². The van der Waals surface area contributed by atoms with Crippen LogP contribution in [0.4, 0.5) is 5.69 Å². The van der Waals surface area contributed by atoms with Gasteiger partial charge in [-0.25, -0.2) is 4.79 Å². The van der Waals surface area contributed by atoms with Gasteiger partial charge >= 0.3 is 5.97 Å². The number of carboxylic acids is 1. The van der Waals surface area contributed by atoms with Gasteiger partial charge in [0.25, 0.3) is 5.91 Å². The molecule has 1 amide bonds. The normalized spacial score (nSPS) is 23.1. The molecule has 1 saturated heterocycles.